The third-order valence-corrected chi connectivity index (χ3v) is 1.45. The molecule has 0 aliphatic heterocycles. The minimum atomic E-state index is 1.17. The standard InChI is InChI=1S/C6H12S/c1-3-4-5-6-7-2/h3H,1,4-6H2,2H3. The van der Waals surface area contributed by atoms with Gasteiger partial charge in [-0.05, 0) is 24.9 Å². The van der Waals surface area contributed by atoms with Crippen LogP contribution in [-0.4, -0.2) is 12.0 Å². The van der Waals surface area contributed by atoms with E-state index in [1.165, 1.54) is 18.6 Å². The van der Waals surface area contributed by atoms with Crippen LogP contribution in [0.1, 0.15) is 12.8 Å². The second-order valence-corrected chi connectivity index (χ2v) is 2.41. The summed E-state index contributed by atoms with van der Waals surface area (Å²) in [6.07, 6.45) is 6.55. The molecule has 0 saturated heterocycles. The quantitative estimate of drug-likeness (QED) is 0.401. The van der Waals surface area contributed by atoms with E-state index in [1.54, 1.807) is 0 Å². The van der Waals surface area contributed by atoms with Crippen molar-refractivity contribution in [2.45, 2.75) is 12.8 Å². The number of hydrogen-bond donors (Lipinski definition) is 0. The average molecular weight is 116 g/mol. The molecule has 0 aliphatic rings. The monoisotopic (exact) mass is 116 g/mol. The average Bonchev–Trinajstić information content (AvgIpc) is 1.69. The largest absolute Gasteiger partial charge is 0.165 e. The normalized spacial score (nSPS) is 8.71. The predicted molar refractivity (Wildman–Crippen MR) is 37.8 cm³/mol. The van der Waals surface area contributed by atoms with Gasteiger partial charge in [-0.2, -0.15) is 11.8 Å². The lowest BCUT2D eigenvalue weighted by atomic mass is 10.3. The molecule has 0 aromatic heterocycles. The van der Waals surface area contributed by atoms with E-state index in [9.17, 15) is 0 Å². The smallest absolute Gasteiger partial charge is 0.00674 e. The van der Waals surface area contributed by atoms with Gasteiger partial charge in [-0.25, -0.2) is 0 Å². The van der Waals surface area contributed by atoms with Gasteiger partial charge in [0.1, 0.15) is 0 Å². The molecule has 7 heavy (non-hydrogen) atoms. The Morgan fingerprint density at radius 2 is 2.43 bits per heavy atom. The number of rotatable bonds is 4. The summed E-state index contributed by atoms with van der Waals surface area (Å²) >= 11 is 1.89. The molecular weight excluding hydrogens is 104 g/mol. The van der Waals surface area contributed by atoms with Crippen LogP contribution in [0.2, 0.25) is 0 Å². The van der Waals surface area contributed by atoms with Gasteiger partial charge < -0.3 is 0 Å². The van der Waals surface area contributed by atoms with Crippen LogP contribution in [0.25, 0.3) is 0 Å². The first-order valence-electron chi connectivity index (χ1n) is 2.51. The minimum absolute atomic E-state index is 1.17. The van der Waals surface area contributed by atoms with E-state index in [2.05, 4.69) is 12.8 Å². The molecule has 0 rings (SSSR count). The lowest BCUT2D eigenvalue weighted by Gasteiger charge is -1.87. The van der Waals surface area contributed by atoms with Gasteiger partial charge in [0, 0.05) is 0 Å². The molecule has 0 unspecified atom stereocenters. The maximum Gasteiger partial charge on any atom is -0.00674 e. The van der Waals surface area contributed by atoms with Crippen molar-refractivity contribution in [3.05, 3.63) is 12.7 Å². The number of unbranched alkanes of at least 4 members (excludes halogenated alkanes) is 1. The van der Waals surface area contributed by atoms with Crippen molar-refractivity contribution in [3.8, 4) is 0 Å². The zero-order valence-electron chi connectivity index (χ0n) is 4.81. The fourth-order valence-electron chi connectivity index (χ4n) is 0.372. The van der Waals surface area contributed by atoms with Gasteiger partial charge in [-0.15, -0.1) is 6.58 Å². The van der Waals surface area contributed by atoms with Crippen LogP contribution in [0.15, 0.2) is 12.7 Å². The maximum atomic E-state index is 3.62. The molecule has 0 bridgehead atoms. The molecule has 0 atom stereocenters. The fraction of sp³-hybridized carbons (Fsp3) is 0.667. The summed E-state index contributed by atoms with van der Waals surface area (Å²) in [5, 5.41) is 0. The Balaban J connectivity index is 2.56. The van der Waals surface area contributed by atoms with Gasteiger partial charge in [-0.3, -0.25) is 0 Å². The SMILES string of the molecule is C=CCCCSC. The van der Waals surface area contributed by atoms with E-state index in [0.29, 0.717) is 0 Å². The zero-order chi connectivity index (χ0) is 5.54. The number of hydrogen-bond acceptors (Lipinski definition) is 1. The Morgan fingerprint density at radius 1 is 1.71 bits per heavy atom. The highest BCUT2D eigenvalue weighted by Crippen LogP contribution is 1.98. The summed E-state index contributed by atoms with van der Waals surface area (Å²) in [6, 6.07) is 0. The summed E-state index contributed by atoms with van der Waals surface area (Å²) < 4.78 is 0. The molecule has 0 heterocycles. The van der Waals surface area contributed by atoms with Crippen molar-refractivity contribution in [2.75, 3.05) is 12.0 Å². The van der Waals surface area contributed by atoms with Crippen LogP contribution in [-0.2, 0) is 0 Å². The molecule has 0 radical (unpaired) electrons. The molecule has 0 N–H and O–H groups in total. The predicted octanol–water partition coefficient (Wildman–Crippen LogP) is 2.32. The van der Waals surface area contributed by atoms with E-state index in [4.69, 9.17) is 0 Å². The second kappa shape index (κ2) is 6.09. The van der Waals surface area contributed by atoms with Gasteiger partial charge >= 0.3 is 0 Å². The van der Waals surface area contributed by atoms with Gasteiger partial charge in [0.15, 0.2) is 0 Å². The summed E-state index contributed by atoms with van der Waals surface area (Å²) in [5.41, 5.74) is 0. The highest BCUT2D eigenvalue weighted by atomic mass is 32.2. The topological polar surface area (TPSA) is 0 Å². The zero-order valence-corrected chi connectivity index (χ0v) is 5.63. The van der Waals surface area contributed by atoms with Crippen LogP contribution < -0.4 is 0 Å². The summed E-state index contributed by atoms with van der Waals surface area (Å²) in [5.74, 6) is 1.27. The Hall–Kier alpha value is 0.0900. The van der Waals surface area contributed by atoms with E-state index >= 15 is 0 Å². The van der Waals surface area contributed by atoms with Gasteiger partial charge in [0.05, 0.1) is 0 Å². The Kier molecular flexibility index (Phi) is 6.17. The van der Waals surface area contributed by atoms with Crippen LogP contribution in [0.3, 0.4) is 0 Å². The van der Waals surface area contributed by atoms with E-state index in [0.717, 1.165) is 0 Å². The molecular formula is C6H12S. The van der Waals surface area contributed by atoms with E-state index < -0.39 is 0 Å². The van der Waals surface area contributed by atoms with Gasteiger partial charge in [0.25, 0.3) is 0 Å². The Morgan fingerprint density at radius 3 is 2.86 bits per heavy atom. The Bertz CT molecular complexity index is 41.4. The third-order valence-electron chi connectivity index (χ3n) is 0.757. The molecule has 0 nitrogen and oxygen atoms in total. The molecule has 0 saturated carbocycles. The van der Waals surface area contributed by atoms with Crippen LogP contribution in [0.5, 0.6) is 0 Å². The summed E-state index contributed by atoms with van der Waals surface area (Å²) in [7, 11) is 0. The van der Waals surface area contributed by atoms with Crippen molar-refractivity contribution < 1.29 is 0 Å². The highest BCUT2D eigenvalue weighted by molar-refractivity contribution is 7.98. The number of thioether (sulfide) groups is 1. The molecule has 0 aliphatic carbocycles. The molecule has 0 aromatic rings. The lowest BCUT2D eigenvalue weighted by molar-refractivity contribution is 0.976. The van der Waals surface area contributed by atoms with Crippen molar-refractivity contribution in [1.82, 2.24) is 0 Å². The maximum absolute atomic E-state index is 3.62. The van der Waals surface area contributed by atoms with Gasteiger partial charge in [-0.1, -0.05) is 6.08 Å². The fourth-order valence-corrected chi connectivity index (χ4v) is 0.827. The first kappa shape index (κ1) is 7.09. The van der Waals surface area contributed by atoms with Crippen LogP contribution >= 0.6 is 11.8 Å². The van der Waals surface area contributed by atoms with E-state index in [1.807, 2.05) is 17.8 Å². The van der Waals surface area contributed by atoms with Gasteiger partial charge in [0.2, 0.25) is 0 Å². The van der Waals surface area contributed by atoms with Crippen molar-refractivity contribution in [1.29, 1.82) is 0 Å². The Labute approximate surface area is 50.0 Å². The molecule has 0 spiro atoms. The summed E-state index contributed by atoms with van der Waals surface area (Å²) in [4.78, 5) is 0. The van der Waals surface area contributed by atoms with E-state index in [-0.39, 0.29) is 0 Å². The molecule has 0 amide bonds. The lowest BCUT2D eigenvalue weighted by Crippen LogP contribution is -1.72. The summed E-state index contributed by atoms with van der Waals surface area (Å²) in [6.45, 7) is 3.62. The highest BCUT2D eigenvalue weighted by Gasteiger charge is 1.77. The second-order valence-electron chi connectivity index (χ2n) is 1.42. The molecule has 1 heteroatoms. The molecule has 0 fully saturated rings. The molecule has 0 aromatic carbocycles. The van der Waals surface area contributed by atoms with Crippen molar-refractivity contribution in [2.24, 2.45) is 0 Å². The number of allylic oxidation sites excluding steroid dienone is 1. The van der Waals surface area contributed by atoms with Crippen LogP contribution in [0, 0.1) is 0 Å². The third kappa shape index (κ3) is 6.09. The molecule has 42 valence electrons. The van der Waals surface area contributed by atoms with Crippen molar-refractivity contribution in [3.63, 3.8) is 0 Å². The van der Waals surface area contributed by atoms with Crippen LogP contribution in [0.4, 0.5) is 0 Å². The van der Waals surface area contributed by atoms with Crippen molar-refractivity contribution >= 4 is 11.8 Å². The minimum Gasteiger partial charge on any atom is -0.165 e. The first-order valence-corrected chi connectivity index (χ1v) is 3.91. The first-order chi connectivity index (χ1) is 3.41.